The highest BCUT2D eigenvalue weighted by atomic mass is 16.5. The van der Waals surface area contributed by atoms with Gasteiger partial charge in [0.25, 0.3) is 0 Å². The predicted molar refractivity (Wildman–Crippen MR) is 62.6 cm³/mol. The first-order chi connectivity index (χ1) is 6.57. The number of nitrogens with one attached hydrogen (secondary N) is 1. The Balaban J connectivity index is 3.49. The van der Waals surface area contributed by atoms with Crippen molar-refractivity contribution in [3.05, 3.63) is 0 Å². The van der Waals surface area contributed by atoms with Gasteiger partial charge < -0.3 is 10.1 Å². The van der Waals surface area contributed by atoms with Crippen molar-refractivity contribution < 1.29 is 4.74 Å². The molecule has 0 heterocycles. The van der Waals surface area contributed by atoms with Crippen molar-refractivity contribution in [1.29, 1.82) is 0 Å². The van der Waals surface area contributed by atoms with Gasteiger partial charge in [0.05, 0.1) is 6.61 Å². The van der Waals surface area contributed by atoms with Crippen LogP contribution in [0.4, 0.5) is 0 Å². The number of ether oxygens (including phenoxy) is 1. The Hall–Kier alpha value is -0.0800. The van der Waals surface area contributed by atoms with Gasteiger partial charge in [-0.25, -0.2) is 0 Å². The molecule has 0 aromatic rings. The van der Waals surface area contributed by atoms with Gasteiger partial charge in [0.1, 0.15) is 0 Å². The highest BCUT2D eigenvalue weighted by Gasteiger charge is 2.11. The summed E-state index contributed by atoms with van der Waals surface area (Å²) in [5.74, 6) is 1.58. The molecule has 0 aromatic carbocycles. The molecule has 1 N–H and O–H groups in total. The van der Waals surface area contributed by atoms with E-state index in [9.17, 15) is 0 Å². The van der Waals surface area contributed by atoms with Crippen LogP contribution in [0.1, 0.15) is 40.5 Å². The van der Waals surface area contributed by atoms with E-state index in [1.807, 2.05) is 0 Å². The van der Waals surface area contributed by atoms with Gasteiger partial charge in [0, 0.05) is 19.7 Å². The molecule has 0 aliphatic carbocycles. The van der Waals surface area contributed by atoms with Crippen LogP contribution in [0.25, 0.3) is 0 Å². The summed E-state index contributed by atoms with van der Waals surface area (Å²) in [7, 11) is 1.74. The minimum Gasteiger partial charge on any atom is -0.383 e. The molecule has 14 heavy (non-hydrogen) atoms. The third-order valence-corrected chi connectivity index (χ3v) is 2.83. The van der Waals surface area contributed by atoms with Crippen LogP contribution in [0.3, 0.4) is 0 Å². The van der Waals surface area contributed by atoms with E-state index in [2.05, 4.69) is 33.0 Å². The van der Waals surface area contributed by atoms with Crippen molar-refractivity contribution in [3.63, 3.8) is 0 Å². The van der Waals surface area contributed by atoms with Gasteiger partial charge in [0.15, 0.2) is 0 Å². The Bertz CT molecular complexity index is 125. The summed E-state index contributed by atoms with van der Waals surface area (Å²) in [5, 5.41) is 3.48. The number of hydrogen-bond donors (Lipinski definition) is 1. The van der Waals surface area contributed by atoms with Gasteiger partial charge in [-0.3, -0.25) is 0 Å². The van der Waals surface area contributed by atoms with E-state index < -0.39 is 0 Å². The van der Waals surface area contributed by atoms with Crippen LogP contribution in [-0.2, 0) is 4.74 Å². The lowest BCUT2D eigenvalue weighted by molar-refractivity contribution is 0.191. The second-order valence-corrected chi connectivity index (χ2v) is 4.68. The van der Waals surface area contributed by atoms with E-state index in [-0.39, 0.29) is 0 Å². The minimum absolute atomic E-state index is 0.601. The summed E-state index contributed by atoms with van der Waals surface area (Å²) in [6.07, 6.45) is 2.65. The molecule has 0 spiro atoms. The molecular formula is C12H27NO. The van der Waals surface area contributed by atoms with Crippen molar-refractivity contribution in [2.45, 2.75) is 46.6 Å². The van der Waals surface area contributed by atoms with Crippen molar-refractivity contribution in [3.8, 4) is 0 Å². The maximum atomic E-state index is 5.01. The third-order valence-electron chi connectivity index (χ3n) is 2.83. The molecule has 2 unspecified atom stereocenters. The number of hydrogen-bond acceptors (Lipinski definition) is 2. The molecule has 0 aliphatic heterocycles. The molecule has 0 bridgehead atoms. The second-order valence-electron chi connectivity index (χ2n) is 4.68. The number of rotatable bonds is 8. The SMILES string of the molecule is COCCNC(C)C(C)CCC(C)C. The van der Waals surface area contributed by atoms with Crippen LogP contribution in [-0.4, -0.2) is 26.3 Å². The summed E-state index contributed by atoms with van der Waals surface area (Å²) in [6, 6.07) is 0.601. The summed E-state index contributed by atoms with van der Waals surface area (Å²) in [6.45, 7) is 10.9. The normalized spacial score (nSPS) is 15.9. The standard InChI is InChI=1S/C12H27NO/c1-10(2)6-7-11(3)12(4)13-8-9-14-5/h10-13H,6-9H2,1-5H3. The Morgan fingerprint density at radius 2 is 1.71 bits per heavy atom. The largest absolute Gasteiger partial charge is 0.383 e. The molecule has 0 fully saturated rings. The molecule has 2 nitrogen and oxygen atoms in total. The van der Waals surface area contributed by atoms with Gasteiger partial charge >= 0.3 is 0 Å². The van der Waals surface area contributed by atoms with Gasteiger partial charge in [-0.2, -0.15) is 0 Å². The maximum absolute atomic E-state index is 5.01. The topological polar surface area (TPSA) is 21.3 Å². The molecule has 2 heteroatoms. The zero-order valence-corrected chi connectivity index (χ0v) is 10.5. The average Bonchev–Trinajstić information content (AvgIpc) is 2.14. The van der Waals surface area contributed by atoms with Crippen molar-refractivity contribution in [1.82, 2.24) is 5.32 Å². The lowest BCUT2D eigenvalue weighted by Crippen LogP contribution is -2.34. The van der Waals surface area contributed by atoms with E-state index in [1.54, 1.807) is 7.11 Å². The molecule has 0 amide bonds. The van der Waals surface area contributed by atoms with E-state index in [4.69, 9.17) is 4.74 Å². The molecule has 2 atom stereocenters. The fourth-order valence-electron chi connectivity index (χ4n) is 1.44. The Kier molecular flexibility index (Phi) is 8.20. The maximum Gasteiger partial charge on any atom is 0.0587 e. The summed E-state index contributed by atoms with van der Waals surface area (Å²) < 4.78 is 5.01. The molecule has 0 aliphatic rings. The van der Waals surface area contributed by atoms with Gasteiger partial charge in [0.2, 0.25) is 0 Å². The highest BCUT2D eigenvalue weighted by molar-refractivity contribution is 4.68. The van der Waals surface area contributed by atoms with E-state index >= 15 is 0 Å². The van der Waals surface area contributed by atoms with Gasteiger partial charge in [-0.1, -0.05) is 27.2 Å². The average molecular weight is 201 g/mol. The van der Waals surface area contributed by atoms with E-state index in [0.29, 0.717) is 6.04 Å². The zero-order valence-electron chi connectivity index (χ0n) is 10.5. The summed E-state index contributed by atoms with van der Waals surface area (Å²) in [4.78, 5) is 0. The first-order valence-electron chi connectivity index (χ1n) is 5.80. The lowest BCUT2D eigenvalue weighted by Gasteiger charge is -2.21. The van der Waals surface area contributed by atoms with Crippen molar-refractivity contribution >= 4 is 0 Å². The molecule has 0 rings (SSSR count). The molecule has 0 saturated heterocycles. The molecule has 86 valence electrons. The Labute approximate surface area is 89.4 Å². The van der Waals surface area contributed by atoms with Crippen LogP contribution in [0.15, 0.2) is 0 Å². The first-order valence-corrected chi connectivity index (χ1v) is 5.80. The van der Waals surface area contributed by atoms with Crippen LogP contribution in [0, 0.1) is 11.8 Å². The zero-order chi connectivity index (χ0) is 11.0. The minimum atomic E-state index is 0.601. The Morgan fingerprint density at radius 3 is 2.21 bits per heavy atom. The van der Waals surface area contributed by atoms with Crippen LogP contribution in [0.5, 0.6) is 0 Å². The summed E-state index contributed by atoms with van der Waals surface area (Å²) in [5.41, 5.74) is 0. The van der Waals surface area contributed by atoms with Crippen LogP contribution >= 0.6 is 0 Å². The lowest BCUT2D eigenvalue weighted by atomic mass is 9.94. The van der Waals surface area contributed by atoms with Gasteiger partial charge in [-0.05, 0) is 25.2 Å². The molecular weight excluding hydrogens is 174 g/mol. The second kappa shape index (κ2) is 8.25. The quantitative estimate of drug-likeness (QED) is 0.610. The Morgan fingerprint density at radius 1 is 1.07 bits per heavy atom. The monoisotopic (exact) mass is 201 g/mol. The fourth-order valence-corrected chi connectivity index (χ4v) is 1.44. The third kappa shape index (κ3) is 7.34. The van der Waals surface area contributed by atoms with Crippen LogP contribution in [0.2, 0.25) is 0 Å². The van der Waals surface area contributed by atoms with E-state index in [0.717, 1.165) is 25.0 Å². The van der Waals surface area contributed by atoms with Crippen molar-refractivity contribution in [2.75, 3.05) is 20.3 Å². The van der Waals surface area contributed by atoms with Crippen LogP contribution < -0.4 is 5.32 Å². The van der Waals surface area contributed by atoms with Gasteiger partial charge in [-0.15, -0.1) is 0 Å². The predicted octanol–water partition coefficient (Wildman–Crippen LogP) is 2.68. The molecule has 0 radical (unpaired) electrons. The van der Waals surface area contributed by atoms with E-state index in [1.165, 1.54) is 12.8 Å². The smallest absolute Gasteiger partial charge is 0.0587 e. The number of methoxy groups -OCH3 is 1. The fraction of sp³-hybridized carbons (Fsp3) is 1.00. The van der Waals surface area contributed by atoms with Crippen molar-refractivity contribution in [2.24, 2.45) is 11.8 Å². The summed E-state index contributed by atoms with van der Waals surface area (Å²) >= 11 is 0. The highest BCUT2D eigenvalue weighted by Crippen LogP contribution is 2.14. The molecule has 0 saturated carbocycles. The molecule has 0 aromatic heterocycles. The first kappa shape index (κ1) is 13.9.